The van der Waals surface area contributed by atoms with Crippen LogP contribution in [0.4, 0.5) is 4.79 Å². The number of hydrogen-bond donors (Lipinski definition) is 2. The second-order valence-corrected chi connectivity index (χ2v) is 11.8. The molecular formula is C28H47N3O4. The van der Waals surface area contributed by atoms with Crippen molar-refractivity contribution in [2.45, 2.75) is 112 Å². The molecule has 0 spiro atoms. The highest BCUT2D eigenvalue weighted by Gasteiger charge is 2.38. The van der Waals surface area contributed by atoms with Gasteiger partial charge in [0.15, 0.2) is 0 Å². The van der Waals surface area contributed by atoms with E-state index in [1.807, 2.05) is 73.6 Å². The normalized spacial score (nSPS) is 13.7. The van der Waals surface area contributed by atoms with Crippen LogP contribution in [0.1, 0.15) is 97.9 Å². The lowest BCUT2D eigenvalue weighted by atomic mass is 9.94. The Balaban J connectivity index is 3.57. The Morgan fingerprint density at radius 1 is 1.03 bits per heavy atom. The fourth-order valence-electron chi connectivity index (χ4n) is 3.76. The van der Waals surface area contributed by atoms with Crippen molar-refractivity contribution in [1.29, 1.82) is 0 Å². The van der Waals surface area contributed by atoms with Gasteiger partial charge in [0.25, 0.3) is 0 Å². The zero-order valence-electron chi connectivity index (χ0n) is 23.7. The Kier molecular flexibility index (Phi) is 10.8. The first-order valence-corrected chi connectivity index (χ1v) is 12.7. The molecule has 0 heterocycles. The van der Waals surface area contributed by atoms with Gasteiger partial charge in [-0.05, 0) is 78.9 Å². The van der Waals surface area contributed by atoms with Crippen LogP contribution in [-0.4, -0.2) is 46.5 Å². The third kappa shape index (κ3) is 9.90. The molecule has 35 heavy (non-hydrogen) atoms. The van der Waals surface area contributed by atoms with Gasteiger partial charge in [-0.3, -0.25) is 9.59 Å². The van der Waals surface area contributed by atoms with Gasteiger partial charge in [0.1, 0.15) is 17.7 Å². The van der Waals surface area contributed by atoms with E-state index in [4.69, 9.17) is 4.74 Å². The molecule has 2 unspecified atom stereocenters. The van der Waals surface area contributed by atoms with Crippen LogP contribution in [0.25, 0.3) is 0 Å². The first-order valence-electron chi connectivity index (χ1n) is 12.7. The molecule has 7 heteroatoms. The molecular weight excluding hydrogens is 442 g/mol. The van der Waals surface area contributed by atoms with Crippen LogP contribution in [0.3, 0.4) is 0 Å². The molecule has 1 aromatic rings. The molecule has 1 rings (SSSR count). The molecule has 2 N–H and O–H groups in total. The smallest absolute Gasteiger partial charge is 0.408 e. The Morgan fingerprint density at radius 3 is 2.11 bits per heavy atom. The number of nitrogens with one attached hydrogen (secondary N) is 2. The monoisotopic (exact) mass is 489 g/mol. The number of amides is 3. The minimum Gasteiger partial charge on any atom is -0.444 e. The number of aryl methyl sites for hydroxylation is 2. The topological polar surface area (TPSA) is 87.7 Å². The predicted molar refractivity (Wildman–Crippen MR) is 141 cm³/mol. The summed E-state index contributed by atoms with van der Waals surface area (Å²) < 4.78 is 5.42. The van der Waals surface area contributed by atoms with Crippen molar-refractivity contribution in [2.24, 2.45) is 5.92 Å². The summed E-state index contributed by atoms with van der Waals surface area (Å²) in [5.41, 5.74) is 1.56. The molecule has 0 saturated heterocycles. The lowest BCUT2D eigenvalue weighted by Crippen LogP contribution is -2.56. The van der Waals surface area contributed by atoms with Crippen LogP contribution in [0.15, 0.2) is 18.2 Å². The van der Waals surface area contributed by atoms with E-state index in [0.717, 1.165) is 29.5 Å². The lowest BCUT2D eigenvalue weighted by Gasteiger charge is -2.37. The first-order chi connectivity index (χ1) is 16.0. The van der Waals surface area contributed by atoms with Gasteiger partial charge in [0.05, 0.1) is 0 Å². The maximum atomic E-state index is 14.0. The van der Waals surface area contributed by atoms with Crippen LogP contribution >= 0.6 is 0 Å². The van der Waals surface area contributed by atoms with E-state index >= 15 is 0 Å². The SMILES string of the molecule is CCCCN(C(=O)C(NC(=O)OC(C)(C)C)C(C)C)C(C(=O)NC(C)(C)C)c1cc(C)ccc1C. The maximum absolute atomic E-state index is 14.0. The molecule has 2 atom stereocenters. The van der Waals surface area contributed by atoms with E-state index in [0.29, 0.717) is 6.54 Å². The summed E-state index contributed by atoms with van der Waals surface area (Å²) in [7, 11) is 0. The second kappa shape index (κ2) is 12.4. The van der Waals surface area contributed by atoms with Gasteiger partial charge in [-0.25, -0.2) is 4.79 Å². The number of carbonyl (C=O) groups excluding carboxylic acids is 3. The summed E-state index contributed by atoms with van der Waals surface area (Å²) in [6, 6.07) is 4.28. The molecule has 0 aliphatic heterocycles. The molecule has 7 nitrogen and oxygen atoms in total. The Hall–Kier alpha value is -2.57. The summed E-state index contributed by atoms with van der Waals surface area (Å²) >= 11 is 0. The van der Waals surface area contributed by atoms with Crippen molar-refractivity contribution in [3.05, 3.63) is 34.9 Å². The minimum atomic E-state index is -0.836. The van der Waals surface area contributed by atoms with Gasteiger partial charge in [0.2, 0.25) is 11.8 Å². The van der Waals surface area contributed by atoms with Gasteiger partial charge in [-0.2, -0.15) is 0 Å². The van der Waals surface area contributed by atoms with Crippen LogP contribution in [-0.2, 0) is 14.3 Å². The molecule has 0 saturated carbocycles. The van der Waals surface area contributed by atoms with E-state index in [9.17, 15) is 14.4 Å². The standard InChI is InChI=1S/C28H47N3O4/c1-12-13-16-31(25(33)22(18(2)3)29-26(34)35-28(9,10)11)23(24(32)30-27(6,7)8)21-17-19(4)14-15-20(21)5/h14-15,17-18,22-23H,12-13,16H2,1-11H3,(H,29,34)(H,30,32). The maximum Gasteiger partial charge on any atom is 0.408 e. The van der Waals surface area contributed by atoms with Crippen molar-refractivity contribution in [3.63, 3.8) is 0 Å². The molecule has 0 aliphatic carbocycles. The summed E-state index contributed by atoms with van der Waals surface area (Å²) in [4.78, 5) is 42.0. The zero-order chi connectivity index (χ0) is 27.1. The van der Waals surface area contributed by atoms with Crippen molar-refractivity contribution < 1.29 is 19.1 Å². The highest BCUT2D eigenvalue weighted by molar-refractivity contribution is 5.92. The average molecular weight is 490 g/mol. The van der Waals surface area contributed by atoms with E-state index in [1.54, 1.807) is 25.7 Å². The van der Waals surface area contributed by atoms with E-state index in [2.05, 4.69) is 10.6 Å². The number of unbranched alkanes of at least 4 members (excludes halogenated alkanes) is 1. The lowest BCUT2D eigenvalue weighted by molar-refractivity contribution is -0.144. The van der Waals surface area contributed by atoms with E-state index in [1.165, 1.54) is 0 Å². The molecule has 0 fully saturated rings. The summed E-state index contributed by atoms with van der Waals surface area (Å²) in [6.45, 7) is 21.2. The van der Waals surface area contributed by atoms with Crippen molar-refractivity contribution in [1.82, 2.24) is 15.5 Å². The fourth-order valence-corrected chi connectivity index (χ4v) is 3.76. The molecule has 198 valence electrons. The van der Waals surface area contributed by atoms with Crippen molar-refractivity contribution >= 4 is 17.9 Å². The third-order valence-corrected chi connectivity index (χ3v) is 5.43. The number of carbonyl (C=O) groups is 3. The molecule has 0 aromatic heterocycles. The number of nitrogens with zero attached hydrogens (tertiary/aromatic N) is 1. The van der Waals surface area contributed by atoms with Gasteiger partial charge in [0, 0.05) is 12.1 Å². The summed E-state index contributed by atoms with van der Waals surface area (Å²) in [6.07, 6.45) is 0.936. The quantitative estimate of drug-likeness (QED) is 0.484. The number of hydrogen-bond acceptors (Lipinski definition) is 4. The predicted octanol–water partition coefficient (Wildman–Crippen LogP) is 5.44. The van der Waals surface area contributed by atoms with Crippen molar-refractivity contribution in [2.75, 3.05) is 6.54 Å². The van der Waals surface area contributed by atoms with Crippen LogP contribution in [0.5, 0.6) is 0 Å². The second-order valence-electron chi connectivity index (χ2n) is 11.8. The average Bonchev–Trinajstić information content (AvgIpc) is 2.68. The third-order valence-electron chi connectivity index (χ3n) is 5.43. The Labute approximate surface area is 212 Å². The van der Waals surface area contributed by atoms with Gasteiger partial charge < -0.3 is 20.3 Å². The van der Waals surface area contributed by atoms with Crippen LogP contribution < -0.4 is 10.6 Å². The summed E-state index contributed by atoms with van der Waals surface area (Å²) in [5, 5.41) is 5.84. The molecule has 0 radical (unpaired) electrons. The zero-order valence-corrected chi connectivity index (χ0v) is 23.7. The number of benzene rings is 1. The van der Waals surface area contributed by atoms with E-state index < -0.39 is 29.3 Å². The Bertz CT molecular complexity index is 881. The molecule has 3 amide bonds. The van der Waals surface area contributed by atoms with Gasteiger partial charge in [-0.15, -0.1) is 0 Å². The van der Waals surface area contributed by atoms with Gasteiger partial charge in [-0.1, -0.05) is 51.0 Å². The van der Waals surface area contributed by atoms with Crippen LogP contribution in [0, 0.1) is 19.8 Å². The first kappa shape index (κ1) is 30.5. The highest BCUT2D eigenvalue weighted by atomic mass is 16.6. The highest BCUT2D eigenvalue weighted by Crippen LogP contribution is 2.28. The van der Waals surface area contributed by atoms with Crippen molar-refractivity contribution in [3.8, 4) is 0 Å². The molecule has 0 bridgehead atoms. The minimum absolute atomic E-state index is 0.205. The fraction of sp³-hybridized carbons (Fsp3) is 0.679. The number of alkyl carbamates (subject to hydrolysis) is 1. The van der Waals surface area contributed by atoms with Gasteiger partial charge >= 0.3 is 6.09 Å². The number of ether oxygens (including phenoxy) is 1. The molecule has 1 aromatic carbocycles. The Morgan fingerprint density at radius 2 is 1.63 bits per heavy atom. The largest absolute Gasteiger partial charge is 0.444 e. The van der Waals surface area contributed by atoms with Crippen LogP contribution in [0.2, 0.25) is 0 Å². The summed E-state index contributed by atoms with van der Waals surface area (Å²) in [5.74, 6) is -0.742. The molecule has 0 aliphatic rings. The number of rotatable bonds is 9. The van der Waals surface area contributed by atoms with E-state index in [-0.39, 0.29) is 17.7 Å².